The predicted octanol–water partition coefficient (Wildman–Crippen LogP) is 3.98. The topological polar surface area (TPSA) is 90.5 Å². The van der Waals surface area contributed by atoms with Gasteiger partial charge in [-0.1, -0.05) is 24.3 Å². The van der Waals surface area contributed by atoms with E-state index in [0.29, 0.717) is 17.8 Å². The van der Waals surface area contributed by atoms with Crippen LogP contribution in [0.15, 0.2) is 54.1 Å². The Morgan fingerprint density at radius 1 is 1.04 bits per heavy atom. The van der Waals surface area contributed by atoms with E-state index in [0.717, 1.165) is 16.9 Å². The van der Waals surface area contributed by atoms with Crippen LogP contribution in [0.1, 0.15) is 30.9 Å². The van der Waals surface area contributed by atoms with E-state index in [1.807, 2.05) is 31.2 Å². The fraction of sp³-hybridized carbons (Fsp3) is 0.200. The molecule has 0 saturated carbocycles. The van der Waals surface area contributed by atoms with Crippen LogP contribution in [0.5, 0.6) is 11.5 Å². The quantitative estimate of drug-likeness (QED) is 0.746. The predicted molar refractivity (Wildman–Crippen MR) is 94.2 cm³/mol. The number of hydrogen-bond acceptors (Lipinski definition) is 4. The monoisotopic (exact) mass is 337 g/mol. The highest BCUT2D eigenvalue weighted by atomic mass is 16.5. The summed E-state index contributed by atoms with van der Waals surface area (Å²) >= 11 is 0. The van der Waals surface area contributed by atoms with Gasteiger partial charge in [-0.15, -0.1) is 0 Å². The lowest BCUT2D eigenvalue weighted by atomic mass is 9.91. The van der Waals surface area contributed by atoms with E-state index in [9.17, 15) is 15.2 Å². The highest BCUT2D eigenvalue weighted by molar-refractivity contribution is 5.85. The summed E-state index contributed by atoms with van der Waals surface area (Å²) in [6.45, 7) is 2.46. The molecule has 0 aromatic heterocycles. The van der Waals surface area contributed by atoms with Crippen molar-refractivity contribution in [3.8, 4) is 17.6 Å². The first-order valence-electron chi connectivity index (χ1n) is 7.92. The zero-order valence-electron chi connectivity index (χ0n) is 13.9. The van der Waals surface area contributed by atoms with Gasteiger partial charge in [-0.05, 0) is 48.7 Å². The van der Waals surface area contributed by atoms with Gasteiger partial charge in [0, 0.05) is 11.1 Å². The van der Waals surface area contributed by atoms with E-state index in [1.54, 1.807) is 12.1 Å². The summed E-state index contributed by atoms with van der Waals surface area (Å²) in [4.78, 5) is 10.9. The molecule has 25 heavy (non-hydrogen) atoms. The first-order valence-corrected chi connectivity index (χ1v) is 7.92. The van der Waals surface area contributed by atoms with Crippen LogP contribution in [0.25, 0.3) is 5.57 Å². The SMILES string of the molecule is CCOc1ccc(/C(=C(/C#N)CCC(=O)O)c2ccc(O)cc2)cc1. The molecule has 2 aromatic carbocycles. The number of nitriles is 1. The van der Waals surface area contributed by atoms with Crippen molar-refractivity contribution < 1.29 is 19.7 Å². The van der Waals surface area contributed by atoms with Crippen LogP contribution in [0.2, 0.25) is 0 Å². The summed E-state index contributed by atoms with van der Waals surface area (Å²) in [5.74, 6) is -0.108. The lowest BCUT2D eigenvalue weighted by Crippen LogP contribution is -1.99. The van der Waals surface area contributed by atoms with Crippen LogP contribution >= 0.6 is 0 Å². The number of allylic oxidation sites excluding steroid dienone is 1. The summed E-state index contributed by atoms with van der Waals surface area (Å²) in [7, 11) is 0. The number of nitrogens with zero attached hydrogens (tertiary/aromatic N) is 1. The summed E-state index contributed by atoms with van der Waals surface area (Å²) in [6.07, 6.45) is 0.0107. The number of aliphatic carboxylic acids is 1. The van der Waals surface area contributed by atoms with Gasteiger partial charge in [0.25, 0.3) is 0 Å². The average molecular weight is 337 g/mol. The first-order chi connectivity index (χ1) is 12.0. The molecule has 2 aromatic rings. The fourth-order valence-electron chi connectivity index (χ4n) is 2.50. The third-order valence-corrected chi connectivity index (χ3v) is 3.64. The number of ether oxygens (including phenoxy) is 1. The normalized spacial score (nSPS) is 11.4. The van der Waals surface area contributed by atoms with Gasteiger partial charge in [-0.2, -0.15) is 5.26 Å². The van der Waals surface area contributed by atoms with Gasteiger partial charge < -0.3 is 14.9 Å². The van der Waals surface area contributed by atoms with E-state index in [4.69, 9.17) is 9.84 Å². The van der Waals surface area contributed by atoms with Gasteiger partial charge in [0.2, 0.25) is 0 Å². The molecule has 0 aliphatic heterocycles. The Hall–Kier alpha value is -3.26. The maximum Gasteiger partial charge on any atom is 0.303 e. The molecule has 0 spiro atoms. The van der Waals surface area contributed by atoms with E-state index in [1.165, 1.54) is 12.1 Å². The molecule has 0 radical (unpaired) electrons. The van der Waals surface area contributed by atoms with E-state index >= 15 is 0 Å². The summed E-state index contributed by atoms with van der Waals surface area (Å²) < 4.78 is 5.44. The number of benzene rings is 2. The summed E-state index contributed by atoms with van der Waals surface area (Å²) in [6, 6.07) is 15.9. The van der Waals surface area contributed by atoms with Crippen molar-refractivity contribution in [2.24, 2.45) is 0 Å². The lowest BCUT2D eigenvalue weighted by molar-refractivity contribution is -0.136. The number of carbonyl (C=O) groups is 1. The Balaban J connectivity index is 2.52. The number of carboxylic acid groups (broad SMARTS) is 1. The molecule has 0 amide bonds. The number of phenolic OH excluding ortho intramolecular Hbond substituents is 1. The van der Waals surface area contributed by atoms with Crippen LogP contribution in [-0.4, -0.2) is 22.8 Å². The van der Waals surface area contributed by atoms with E-state index in [2.05, 4.69) is 6.07 Å². The molecular formula is C20H19NO4. The number of hydrogen-bond donors (Lipinski definition) is 2. The Bertz CT molecular complexity index is 799. The van der Waals surface area contributed by atoms with Crippen molar-refractivity contribution in [2.75, 3.05) is 6.61 Å². The standard InChI is InChI=1S/C20H19NO4/c1-2-25-18-10-5-15(6-11-18)20(14-3-8-17(22)9-4-14)16(13-21)7-12-19(23)24/h3-6,8-11,22H,2,7,12H2,1H3,(H,23,24)/b20-16+. The maximum atomic E-state index is 10.9. The second kappa shape index (κ2) is 8.55. The molecule has 128 valence electrons. The lowest BCUT2D eigenvalue weighted by Gasteiger charge is -2.13. The van der Waals surface area contributed by atoms with Gasteiger partial charge in [0.15, 0.2) is 0 Å². The molecule has 0 aliphatic rings. The summed E-state index contributed by atoms with van der Waals surface area (Å²) in [5, 5.41) is 28.0. The Kier molecular flexibility index (Phi) is 6.19. The average Bonchev–Trinajstić information content (AvgIpc) is 2.61. The van der Waals surface area contributed by atoms with Gasteiger partial charge in [0.05, 0.1) is 19.1 Å². The zero-order valence-corrected chi connectivity index (χ0v) is 13.9. The van der Waals surface area contributed by atoms with Crippen LogP contribution < -0.4 is 4.74 Å². The minimum atomic E-state index is -0.954. The molecule has 0 saturated heterocycles. The minimum absolute atomic E-state index is 0.124. The van der Waals surface area contributed by atoms with Gasteiger partial charge in [0.1, 0.15) is 11.5 Å². The van der Waals surface area contributed by atoms with Crippen LogP contribution in [0.4, 0.5) is 0 Å². The van der Waals surface area contributed by atoms with Gasteiger partial charge >= 0.3 is 5.97 Å². The zero-order chi connectivity index (χ0) is 18.2. The first kappa shape index (κ1) is 18.1. The number of carboxylic acids is 1. The minimum Gasteiger partial charge on any atom is -0.508 e. The Morgan fingerprint density at radius 2 is 1.60 bits per heavy atom. The highest BCUT2D eigenvalue weighted by Crippen LogP contribution is 2.31. The van der Waals surface area contributed by atoms with E-state index in [-0.39, 0.29) is 18.6 Å². The van der Waals surface area contributed by atoms with Crippen LogP contribution in [0, 0.1) is 11.3 Å². The molecular weight excluding hydrogens is 318 g/mol. The molecule has 5 heteroatoms. The molecule has 0 unspecified atom stereocenters. The second-order valence-electron chi connectivity index (χ2n) is 5.36. The second-order valence-corrected chi connectivity index (χ2v) is 5.36. The Labute approximate surface area is 146 Å². The van der Waals surface area contributed by atoms with Crippen molar-refractivity contribution in [1.82, 2.24) is 0 Å². The van der Waals surface area contributed by atoms with Crippen molar-refractivity contribution in [2.45, 2.75) is 19.8 Å². The van der Waals surface area contributed by atoms with Gasteiger partial charge in [-0.3, -0.25) is 4.79 Å². The van der Waals surface area contributed by atoms with E-state index < -0.39 is 5.97 Å². The highest BCUT2D eigenvalue weighted by Gasteiger charge is 2.14. The number of phenols is 1. The fourth-order valence-corrected chi connectivity index (χ4v) is 2.50. The largest absolute Gasteiger partial charge is 0.508 e. The number of rotatable bonds is 7. The molecule has 0 aliphatic carbocycles. The van der Waals surface area contributed by atoms with Crippen molar-refractivity contribution in [3.05, 3.63) is 65.2 Å². The van der Waals surface area contributed by atoms with Crippen molar-refractivity contribution in [3.63, 3.8) is 0 Å². The summed E-state index contributed by atoms with van der Waals surface area (Å²) in [5.41, 5.74) is 2.57. The smallest absolute Gasteiger partial charge is 0.303 e. The molecule has 0 fully saturated rings. The molecule has 5 nitrogen and oxygen atoms in total. The molecule has 0 heterocycles. The van der Waals surface area contributed by atoms with Crippen LogP contribution in [-0.2, 0) is 4.79 Å². The van der Waals surface area contributed by atoms with Crippen molar-refractivity contribution in [1.29, 1.82) is 5.26 Å². The molecule has 2 N–H and O–H groups in total. The third-order valence-electron chi connectivity index (χ3n) is 3.64. The number of aromatic hydroxyl groups is 1. The molecule has 0 atom stereocenters. The van der Waals surface area contributed by atoms with Crippen LogP contribution in [0.3, 0.4) is 0 Å². The maximum absolute atomic E-state index is 10.9. The Morgan fingerprint density at radius 3 is 2.08 bits per heavy atom. The molecule has 0 bridgehead atoms. The molecule has 2 rings (SSSR count). The van der Waals surface area contributed by atoms with Gasteiger partial charge in [-0.25, -0.2) is 0 Å². The third kappa shape index (κ3) is 4.85. The van der Waals surface area contributed by atoms with Crippen molar-refractivity contribution >= 4 is 11.5 Å².